The fourth-order valence-corrected chi connectivity index (χ4v) is 2.67. The van der Waals surface area contributed by atoms with Crippen LogP contribution in [0.4, 0.5) is 8.78 Å². The van der Waals surface area contributed by atoms with Gasteiger partial charge in [0, 0.05) is 12.1 Å². The van der Waals surface area contributed by atoms with E-state index in [2.05, 4.69) is 0 Å². The molecule has 0 aliphatic heterocycles. The highest BCUT2D eigenvalue weighted by Gasteiger charge is 2.11. The number of nitrogens with two attached hydrogens (primary N) is 1. The van der Waals surface area contributed by atoms with E-state index < -0.39 is 11.6 Å². The van der Waals surface area contributed by atoms with Crippen molar-refractivity contribution in [3.05, 3.63) is 83.4 Å². The minimum Gasteiger partial charge on any atom is -0.324 e. The van der Waals surface area contributed by atoms with Gasteiger partial charge in [0.25, 0.3) is 0 Å². The molecule has 0 aliphatic rings. The Labute approximate surface area is 122 Å². The van der Waals surface area contributed by atoms with Crippen LogP contribution in [0, 0.1) is 11.6 Å². The largest absolute Gasteiger partial charge is 0.324 e. The highest BCUT2D eigenvalue weighted by molar-refractivity contribution is 5.86. The maximum Gasteiger partial charge on any atom is 0.126 e. The molecule has 0 radical (unpaired) electrons. The lowest BCUT2D eigenvalue weighted by molar-refractivity contribution is 0.576. The first-order valence-corrected chi connectivity index (χ1v) is 6.82. The van der Waals surface area contributed by atoms with Gasteiger partial charge < -0.3 is 5.73 Å². The Morgan fingerprint density at radius 3 is 2.29 bits per heavy atom. The second-order valence-electron chi connectivity index (χ2n) is 5.16. The molecule has 2 N–H and O–H groups in total. The van der Waals surface area contributed by atoms with Crippen molar-refractivity contribution in [2.24, 2.45) is 5.73 Å². The fourth-order valence-electron chi connectivity index (χ4n) is 2.67. The van der Waals surface area contributed by atoms with Gasteiger partial charge in [-0.1, -0.05) is 42.5 Å². The average Bonchev–Trinajstić information content (AvgIpc) is 2.45. The van der Waals surface area contributed by atoms with Crippen LogP contribution in [-0.4, -0.2) is 0 Å². The second kappa shape index (κ2) is 5.62. The third-order valence-corrected chi connectivity index (χ3v) is 3.60. The smallest absolute Gasteiger partial charge is 0.126 e. The molecule has 0 heterocycles. The summed E-state index contributed by atoms with van der Waals surface area (Å²) in [4.78, 5) is 0. The lowest BCUT2D eigenvalue weighted by atomic mass is 9.95. The molecule has 0 aromatic heterocycles. The third-order valence-electron chi connectivity index (χ3n) is 3.60. The zero-order valence-electron chi connectivity index (χ0n) is 11.4. The summed E-state index contributed by atoms with van der Waals surface area (Å²) in [5, 5.41) is 2.18. The number of fused-ring (bicyclic) bond motifs is 1. The fraction of sp³-hybridized carbons (Fsp3) is 0.111. The van der Waals surface area contributed by atoms with Crippen molar-refractivity contribution in [1.82, 2.24) is 0 Å². The Morgan fingerprint density at radius 1 is 0.857 bits per heavy atom. The van der Waals surface area contributed by atoms with Crippen molar-refractivity contribution < 1.29 is 8.78 Å². The Balaban J connectivity index is 1.95. The van der Waals surface area contributed by atoms with Crippen molar-refractivity contribution in [2.75, 3.05) is 0 Å². The molecule has 0 fully saturated rings. The van der Waals surface area contributed by atoms with Crippen LogP contribution in [0.3, 0.4) is 0 Å². The summed E-state index contributed by atoms with van der Waals surface area (Å²) in [6.07, 6.45) is 0.392. The summed E-state index contributed by atoms with van der Waals surface area (Å²) in [6.45, 7) is 0. The first-order chi connectivity index (χ1) is 10.1. The zero-order chi connectivity index (χ0) is 14.8. The van der Waals surface area contributed by atoms with Gasteiger partial charge in [-0.3, -0.25) is 0 Å². The minimum atomic E-state index is -0.574. The summed E-state index contributed by atoms with van der Waals surface area (Å²) >= 11 is 0. The van der Waals surface area contributed by atoms with E-state index in [1.54, 1.807) is 0 Å². The lowest BCUT2D eigenvalue weighted by Gasteiger charge is -2.15. The molecule has 0 saturated carbocycles. The molecule has 3 rings (SSSR count). The normalized spacial score (nSPS) is 12.5. The van der Waals surface area contributed by atoms with E-state index in [1.165, 1.54) is 12.1 Å². The van der Waals surface area contributed by atoms with Crippen molar-refractivity contribution in [1.29, 1.82) is 0 Å². The third kappa shape index (κ3) is 2.93. The summed E-state index contributed by atoms with van der Waals surface area (Å²) < 4.78 is 26.5. The predicted molar refractivity (Wildman–Crippen MR) is 80.9 cm³/mol. The van der Waals surface area contributed by atoms with Crippen LogP contribution >= 0.6 is 0 Å². The number of hydrogen-bond acceptors (Lipinski definition) is 1. The van der Waals surface area contributed by atoms with E-state index >= 15 is 0 Å². The first-order valence-electron chi connectivity index (χ1n) is 6.82. The molecule has 1 nitrogen and oxygen atoms in total. The molecule has 1 atom stereocenters. The molecule has 0 bridgehead atoms. The second-order valence-corrected chi connectivity index (χ2v) is 5.16. The van der Waals surface area contributed by atoms with Gasteiger partial charge in [-0.15, -0.1) is 0 Å². The van der Waals surface area contributed by atoms with Crippen LogP contribution in [0.15, 0.2) is 60.7 Å². The van der Waals surface area contributed by atoms with Gasteiger partial charge in [0.15, 0.2) is 0 Å². The number of halogens is 2. The van der Waals surface area contributed by atoms with Gasteiger partial charge in [0.05, 0.1) is 0 Å². The van der Waals surface area contributed by atoms with Gasteiger partial charge >= 0.3 is 0 Å². The summed E-state index contributed by atoms with van der Waals surface area (Å²) in [6, 6.07) is 17.1. The molecule has 3 aromatic rings. The van der Waals surface area contributed by atoms with Gasteiger partial charge in [-0.2, -0.15) is 0 Å². The van der Waals surface area contributed by atoms with E-state index in [-0.39, 0.29) is 6.04 Å². The van der Waals surface area contributed by atoms with Crippen molar-refractivity contribution in [3.63, 3.8) is 0 Å². The topological polar surface area (TPSA) is 26.0 Å². The van der Waals surface area contributed by atoms with Crippen LogP contribution < -0.4 is 5.73 Å². The standard InChI is InChI=1S/C18H15F2N/c19-14-8-12(9-15(20)11-14)10-18(21)17-7-3-5-13-4-1-2-6-16(13)17/h1-9,11,18H,10,21H2. The van der Waals surface area contributed by atoms with Crippen molar-refractivity contribution in [3.8, 4) is 0 Å². The Kier molecular flexibility index (Phi) is 3.67. The van der Waals surface area contributed by atoms with Crippen LogP contribution in [0.2, 0.25) is 0 Å². The maximum atomic E-state index is 13.3. The van der Waals surface area contributed by atoms with E-state index in [4.69, 9.17) is 5.73 Å². The van der Waals surface area contributed by atoms with Gasteiger partial charge in [-0.05, 0) is 40.5 Å². The van der Waals surface area contributed by atoms with Gasteiger partial charge in [0.1, 0.15) is 11.6 Å². The highest BCUT2D eigenvalue weighted by Crippen LogP contribution is 2.25. The molecule has 0 amide bonds. The van der Waals surface area contributed by atoms with Crippen LogP contribution in [0.1, 0.15) is 17.2 Å². The van der Waals surface area contributed by atoms with Crippen molar-refractivity contribution >= 4 is 10.8 Å². The molecule has 3 heteroatoms. The van der Waals surface area contributed by atoms with Gasteiger partial charge in [0.2, 0.25) is 0 Å². The first kappa shape index (κ1) is 13.7. The SMILES string of the molecule is NC(Cc1cc(F)cc(F)c1)c1cccc2ccccc12. The Morgan fingerprint density at radius 2 is 1.52 bits per heavy atom. The quantitative estimate of drug-likeness (QED) is 0.759. The molecular formula is C18H15F2N. The minimum absolute atomic E-state index is 0.308. The molecule has 0 spiro atoms. The monoisotopic (exact) mass is 283 g/mol. The zero-order valence-corrected chi connectivity index (χ0v) is 11.4. The van der Waals surface area contributed by atoms with E-state index in [9.17, 15) is 8.78 Å². The van der Waals surface area contributed by atoms with E-state index in [0.717, 1.165) is 22.4 Å². The highest BCUT2D eigenvalue weighted by atomic mass is 19.1. The molecule has 1 unspecified atom stereocenters. The van der Waals surface area contributed by atoms with E-state index in [1.807, 2.05) is 42.5 Å². The molecular weight excluding hydrogens is 268 g/mol. The van der Waals surface area contributed by atoms with Crippen molar-refractivity contribution in [2.45, 2.75) is 12.5 Å². The number of benzene rings is 3. The Bertz CT molecular complexity index is 758. The van der Waals surface area contributed by atoms with Crippen LogP contribution in [0.5, 0.6) is 0 Å². The summed E-state index contributed by atoms with van der Waals surface area (Å²) in [5.74, 6) is -1.15. The summed E-state index contributed by atoms with van der Waals surface area (Å²) in [7, 11) is 0. The number of hydrogen-bond donors (Lipinski definition) is 1. The summed E-state index contributed by atoms with van der Waals surface area (Å²) in [5.41, 5.74) is 7.80. The predicted octanol–water partition coefficient (Wildman–Crippen LogP) is 4.36. The average molecular weight is 283 g/mol. The van der Waals surface area contributed by atoms with Crippen LogP contribution in [0.25, 0.3) is 10.8 Å². The molecule has 21 heavy (non-hydrogen) atoms. The maximum absolute atomic E-state index is 13.3. The number of rotatable bonds is 3. The molecule has 0 aliphatic carbocycles. The lowest BCUT2D eigenvalue weighted by Crippen LogP contribution is -2.14. The van der Waals surface area contributed by atoms with Gasteiger partial charge in [-0.25, -0.2) is 8.78 Å². The molecule has 0 saturated heterocycles. The molecule has 3 aromatic carbocycles. The van der Waals surface area contributed by atoms with E-state index in [0.29, 0.717) is 12.0 Å². The Hall–Kier alpha value is -2.26. The molecule has 106 valence electrons. The van der Waals surface area contributed by atoms with Crippen LogP contribution in [-0.2, 0) is 6.42 Å².